The molecule has 0 heterocycles. The van der Waals surface area contributed by atoms with Crippen LogP contribution in [0.4, 0.5) is 4.39 Å². The molecule has 1 N–H and O–H groups in total. The molecular formula is C28H25FO2S2. The quantitative estimate of drug-likeness (QED) is 0.355. The lowest BCUT2D eigenvalue weighted by molar-refractivity contribution is -0.135. The third-order valence-electron chi connectivity index (χ3n) is 6.01. The Morgan fingerprint density at radius 1 is 0.848 bits per heavy atom. The van der Waals surface area contributed by atoms with Gasteiger partial charge >= 0.3 is 5.97 Å². The van der Waals surface area contributed by atoms with Crippen molar-refractivity contribution in [3.63, 3.8) is 0 Å². The molecule has 1 aliphatic carbocycles. The number of halogens is 1. The number of hydrogen-bond donors (Lipinski definition) is 1. The van der Waals surface area contributed by atoms with E-state index in [1.165, 1.54) is 27.5 Å². The summed E-state index contributed by atoms with van der Waals surface area (Å²) in [5, 5.41) is 9.52. The summed E-state index contributed by atoms with van der Waals surface area (Å²) in [6.45, 7) is 1.96. The molecule has 0 aliphatic heterocycles. The third kappa shape index (κ3) is 4.94. The molecule has 3 aromatic rings. The van der Waals surface area contributed by atoms with E-state index in [1.54, 1.807) is 29.6 Å². The number of hydrogen-bond acceptors (Lipinski definition) is 3. The maximum atomic E-state index is 14.2. The zero-order valence-electron chi connectivity index (χ0n) is 18.8. The van der Waals surface area contributed by atoms with E-state index in [0.717, 1.165) is 27.8 Å². The summed E-state index contributed by atoms with van der Waals surface area (Å²) < 4.78 is 14.2. The highest BCUT2D eigenvalue weighted by Crippen LogP contribution is 2.47. The van der Waals surface area contributed by atoms with Crippen molar-refractivity contribution < 1.29 is 14.3 Å². The predicted octanol–water partition coefficient (Wildman–Crippen LogP) is 7.68. The molecule has 0 aromatic heterocycles. The first-order chi connectivity index (χ1) is 15.9. The summed E-state index contributed by atoms with van der Waals surface area (Å²) in [7, 11) is 0. The molecule has 0 spiro atoms. The second kappa shape index (κ2) is 10.0. The van der Waals surface area contributed by atoms with Crippen molar-refractivity contribution in [1.29, 1.82) is 0 Å². The Morgan fingerprint density at radius 2 is 1.45 bits per heavy atom. The SMILES string of the molecule is CSc1ccc(C/C(=C2\C(C)=C(CC(=O)O)c3cc(F)ccc32)c2ccc(SC)cc2)cc1. The Balaban J connectivity index is 1.94. The van der Waals surface area contributed by atoms with Gasteiger partial charge in [0, 0.05) is 9.79 Å². The Morgan fingerprint density at radius 3 is 2.03 bits per heavy atom. The maximum Gasteiger partial charge on any atom is 0.307 e. The first-order valence-electron chi connectivity index (χ1n) is 10.6. The fourth-order valence-electron chi connectivity index (χ4n) is 4.38. The molecular weight excluding hydrogens is 451 g/mol. The van der Waals surface area contributed by atoms with Crippen molar-refractivity contribution >= 4 is 46.2 Å². The molecule has 3 aromatic carbocycles. The minimum Gasteiger partial charge on any atom is -0.481 e. The van der Waals surface area contributed by atoms with Gasteiger partial charge in [-0.25, -0.2) is 4.39 Å². The highest BCUT2D eigenvalue weighted by Gasteiger charge is 2.28. The van der Waals surface area contributed by atoms with Gasteiger partial charge in [-0.1, -0.05) is 30.3 Å². The van der Waals surface area contributed by atoms with Crippen LogP contribution in [-0.4, -0.2) is 23.6 Å². The Bertz CT molecular complexity index is 1260. The van der Waals surface area contributed by atoms with Gasteiger partial charge in [0.15, 0.2) is 0 Å². The van der Waals surface area contributed by atoms with E-state index in [0.29, 0.717) is 17.6 Å². The predicted molar refractivity (Wildman–Crippen MR) is 138 cm³/mol. The van der Waals surface area contributed by atoms with Gasteiger partial charge in [-0.05, 0) is 107 Å². The van der Waals surface area contributed by atoms with Crippen molar-refractivity contribution in [2.45, 2.75) is 29.6 Å². The first kappa shape index (κ1) is 23.4. The molecule has 0 amide bonds. The standard InChI is InChI=1S/C28H25FO2S2/c1-17-24(16-27(30)31)26-15-20(29)8-13-23(26)28(17)25(19-6-11-22(33-3)12-7-19)14-18-4-9-21(32-2)10-5-18/h4-13,15H,14,16H2,1-3H3,(H,30,31)/b28-25-. The van der Waals surface area contributed by atoms with Crippen LogP contribution < -0.4 is 0 Å². The van der Waals surface area contributed by atoms with E-state index in [-0.39, 0.29) is 12.2 Å². The lowest BCUT2D eigenvalue weighted by Crippen LogP contribution is -1.97. The Kier molecular flexibility index (Phi) is 7.11. The summed E-state index contributed by atoms with van der Waals surface area (Å²) in [6, 6.07) is 21.7. The molecule has 33 heavy (non-hydrogen) atoms. The van der Waals surface area contributed by atoms with Gasteiger partial charge < -0.3 is 5.11 Å². The van der Waals surface area contributed by atoms with E-state index in [2.05, 4.69) is 61.0 Å². The van der Waals surface area contributed by atoms with Gasteiger partial charge in [-0.2, -0.15) is 0 Å². The average Bonchev–Trinajstić information content (AvgIpc) is 3.08. The van der Waals surface area contributed by atoms with Crippen molar-refractivity contribution in [2.75, 3.05) is 12.5 Å². The smallest absolute Gasteiger partial charge is 0.307 e. The maximum absolute atomic E-state index is 14.2. The molecule has 5 heteroatoms. The summed E-state index contributed by atoms with van der Waals surface area (Å²) >= 11 is 3.40. The zero-order chi connectivity index (χ0) is 23.5. The van der Waals surface area contributed by atoms with Gasteiger partial charge in [0.05, 0.1) is 6.42 Å². The molecule has 168 valence electrons. The monoisotopic (exact) mass is 476 g/mol. The lowest BCUT2D eigenvalue weighted by atomic mass is 9.88. The molecule has 0 saturated carbocycles. The van der Waals surface area contributed by atoms with Crippen LogP contribution in [0.25, 0.3) is 16.7 Å². The number of fused-ring (bicyclic) bond motifs is 1. The van der Waals surface area contributed by atoms with Crippen LogP contribution in [0.15, 0.2) is 82.1 Å². The van der Waals surface area contributed by atoms with Gasteiger partial charge in [0.2, 0.25) is 0 Å². The molecule has 4 rings (SSSR count). The third-order valence-corrected chi connectivity index (χ3v) is 7.50. The van der Waals surface area contributed by atoms with Crippen molar-refractivity contribution in [3.8, 4) is 0 Å². The van der Waals surface area contributed by atoms with Crippen LogP contribution in [0.5, 0.6) is 0 Å². The van der Waals surface area contributed by atoms with Gasteiger partial charge in [0.25, 0.3) is 0 Å². The van der Waals surface area contributed by atoms with Crippen LogP contribution in [0.1, 0.15) is 35.6 Å². The molecule has 0 saturated heterocycles. The minimum atomic E-state index is -0.917. The number of aliphatic carboxylic acids is 1. The number of allylic oxidation sites excluding steroid dienone is 3. The van der Waals surface area contributed by atoms with Crippen molar-refractivity contribution in [3.05, 3.63) is 100 Å². The number of thioether (sulfide) groups is 2. The van der Waals surface area contributed by atoms with Gasteiger partial charge in [0.1, 0.15) is 5.82 Å². The van der Waals surface area contributed by atoms with Crippen molar-refractivity contribution in [2.24, 2.45) is 0 Å². The average molecular weight is 477 g/mol. The Hall–Kier alpha value is -2.76. The fraction of sp³-hybridized carbons (Fsp3) is 0.179. The molecule has 0 atom stereocenters. The molecule has 2 nitrogen and oxygen atoms in total. The number of carbonyl (C=O) groups is 1. The van der Waals surface area contributed by atoms with Crippen LogP contribution in [-0.2, 0) is 11.2 Å². The summed E-state index contributed by atoms with van der Waals surface area (Å²) in [4.78, 5) is 14.0. The second-order valence-corrected chi connectivity index (χ2v) is 9.73. The normalized spacial score (nSPS) is 14.4. The van der Waals surface area contributed by atoms with Gasteiger partial charge in [-0.3, -0.25) is 4.79 Å². The number of carboxylic acids is 1. The topological polar surface area (TPSA) is 37.3 Å². The van der Waals surface area contributed by atoms with Gasteiger partial charge in [-0.15, -0.1) is 23.5 Å². The van der Waals surface area contributed by atoms with E-state index < -0.39 is 5.97 Å². The zero-order valence-corrected chi connectivity index (χ0v) is 20.4. The molecule has 0 unspecified atom stereocenters. The van der Waals surface area contributed by atoms with E-state index in [4.69, 9.17) is 0 Å². The number of carboxylic acid groups (broad SMARTS) is 1. The fourth-order valence-corrected chi connectivity index (χ4v) is 5.20. The summed E-state index contributed by atoms with van der Waals surface area (Å²) in [6.07, 6.45) is 4.67. The van der Waals surface area contributed by atoms with Crippen LogP contribution in [0, 0.1) is 5.82 Å². The summed E-state index contributed by atoms with van der Waals surface area (Å²) in [5.41, 5.74) is 7.55. The Labute approximate surface area is 202 Å². The van der Waals surface area contributed by atoms with Crippen LogP contribution >= 0.6 is 23.5 Å². The minimum absolute atomic E-state index is 0.132. The largest absolute Gasteiger partial charge is 0.481 e. The second-order valence-electron chi connectivity index (χ2n) is 7.97. The van der Waals surface area contributed by atoms with E-state index in [9.17, 15) is 14.3 Å². The molecule has 0 fully saturated rings. The van der Waals surface area contributed by atoms with E-state index in [1.807, 2.05) is 6.92 Å². The number of rotatable bonds is 7. The number of benzene rings is 3. The summed E-state index contributed by atoms with van der Waals surface area (Å²) in [5.74, 6) is -1.27. The highest BCUT2D eigenvalue weighted by atomic mass is 32.2. The molecule has 0 bridgehead atoms. The van der Waals surface area contributed by atoms with Crippen LogP contribution in [0.2, 0.25) is 0 Å². The van der Waals surface area contributed by atoms with Crippen molar-refractivity contribution in [1.82, 2.24) is 0 Å². The molecule has 1 aliphatic rings. The van der Waals surface area contributed by atoms with E-state index >= 15 is 0 Å². The van der Waals surface area contributed by atoms with Crippen LogP contribution in [0.3, 0.4) is 0 Å². The highest BCUT2D eigenvalue weighted by molar-refractivity contribution is 7.98. The molecule has 0 radical (unpaired) electrons. The first-order valence-corrected chi connectivity index (χ1v) is 13.1. The lowest BCUT2D eigenvalue weighted by Gasteiger charge is -2.16.